The zero-order chi connectivity index (χ0) is 21.5. The fraction of sp³-hybridized carbons (Fsp3) is 0.727. The van der Waals surface area contributed by atoms with Crippen molar-refractivity contribution in [2.24, 2.45) is 0 Å². The van der Waals surface area contributed by atoms with Gasteiger partial charge >= 0.3 is 5.97 Å². The molecule has 4 nitrogen and oxygen atoms in total. The zero-order valence-corrected chi connectivity index (χ0v) is 19.8. The average molecular weight is 466 g/mol. The van der Waals surface area contributed by atoms with Crippen LogP contribution in [-0.2, 0) is 4.74 Å². The molecule has 166 valence electrons. The molecule has 0 amide bonds. The first-order valence-electron chi connectivity index (χ1n) is 11.0. The highest BCUT2D eigenvalue weighted by Gasteiger charge is 2.20. The van der Waals surface area contributed by atoms with Crippen molar-refractivity contribution in [3.05, 3.63) is 20.9 Å². The van der Waals surface area contributed by atoms with E-state index in [2.05, 4.69) is 11.9 Å². The maximum atomic E-state index is 12.1. The second-order valence-electron chi connectivity index (χ2n) is 7.52. The monoisotopic (exact) mass is 464 g/mol. The number of hydrogen-bond acceptors (Lipinski definition) is 4. The second-order valence-corrected chi connectivity index (χ2v) is 8.64. The van der Waals surface area contributed by atoms with E-state index in [1.165, 1.54) is 70.6 Å². The van der Waals surface area contributed by atoms with E-state index in [9.17, 15) is 4.79 Å². The summed E-state index contributed by atoms with van der Waals surface area (Å²) in [6.07, 6.45) is 17.9. The number of nitrogens with zero attached hydrogens (tertiary/aromatic N) is 1. The van der Waals surface area contributed by atoms with Gasteiger partial charge < -0.3 is 10.5 Å². The summed E-state index contributed by atoms with van der Waals surface area (Å²) in [5.74, 6) is -0.630. The lowest BCUT2D eigenvalue weighted by molar-refractivity contribution is 0.0491. The van der Waals surface area contributed by atoms with Crippen molar-refractivity contribution >= 4 is 46.5 Å². The molecule has 1 aromatic heterocycles. The molecule has 0 saturated heterocycles. The molecule has 7 heteroatoms. The van der Waals surface area contributed by atoms with E-state index in [-0.39, 0.29) is 26.6 Å². The third-order valence-electron chi connectivity index (χ3n) is 5.00. The number of ether oxygens (including phenoxy) is 1. The predicted octanol–water partition coefficient (Wildman–Crippen LogP) is 8.26. The van der Waals surface area contributed by atoms with E-state index in [0.717, 1.165) is 19.3 Å². The Bertz CT molecular complexity index is 612. The number of pyridine rings is 1. The first-order valence-corrected chi connectivity index (χ1v) is 12.1. The molecule has 0 aliphatic rings. The molecule has 0 unspecified atom stereocenters. The number of aromatic nitrogens is 1. The highest BCUT2D eigenvalue weighted by Crippen LogP contribution is 2.34. The molecule has 2 N–H and O–H groups in total. The minimum absolute atomic E-state index is 0.0228. The summed E-state index contributed by atoms with van der Waals surface area (Å²) in [5.41, 5.74) is 5.66. The van der Waals surface area contributed by atoms with E-state index in [1.54, 1.807) is 0 Å². The van der Waals surface area contributed by atoms with E-state index in [1.807, 2.05) is 0 Å². The lowest BCUT2D eigenvalue weighted by Crippen LogP contribution is -2.11. The quantitative estimate of drug-likeness (QED) is 0.151. The van der Waals surface area contributed by atoms with Crippen LogP contribution in [0.4, 0.5) is 5.69 Å². The lowest BCUT2D eigenvalue weighted by Gasteiger charge is -2.09. The zero-order valence-electron chi connectivity index (χ0n) is 17.6. The summed E-state index contributed by atoms with van der Waals surface area (Å²) in [4.78, 5) is 16.0. The summed E-state index contributed by atoms with van der Waals surface area (Å²) in [7, 11) is 0. The molecule has 1 heterocycles. The molecule has 0 spiro atoms. The van der Waals surface area contributed by atoms with Gasteiger partial charge in [0.1, 0.15) is 5.02 Å². The number of carbonyl (C=O) groups is 1. The second kappa shape index (κ2) is 16.0. The van der Waals surface area contributed by atoms with Crippen LogP contribution in [0.1, 0.15) is 107 Å². The van der Waals surface area contributed by atoms with Crippen LogP contribution < -0.4 is 5.73 Å². The summed E-state index contributed by atoms with van der Waals surface area (Å²) in [6.45, 7) is 2.59. The van der Waals surface area contributed by atoms with Gasteiger partial charge in [-0.1, -0.05) is 125 Å². The molecule has 0 aliphatic heterocycles. The van der Waals surface area contributed by atoms with Crippen molar-refractivity contribution in [3.8, 4) is 0 Å². The number of rotatable bonds is 16. The van der Waals surface area contributed by atoms with Crippen LogP contribution in [-0.4, -0.2) is 17.6 Å². The van der Waals surface area contributed by atoms with Gasteiger partial charge in [-0.25, -0.2) is 9.78 Å². The minimum atomic E-state index is -0.630. The number of esters is 1. The van der Waals surface area contributed by atoms with Crippen LogP contribution in [0.2, 0.25) is 15.2 Å². The highest BCUT2D eigenvalue weighted by molar-refractivity contribution is 6.46. The fourth-order valence-corrected chi connectivity index (χ4v) is 3.78. The first kappa shape index (κ1) is 26.3. The van der Waals surface area contributed by atoms with Crippen LogP contribution in [0.25, 0.3) is 0 Å². The molecular formula is C22H35Cl3N2O2. The third kappa shape index (κ3) is 10.8. The molecule has 0 bridgehead atoms. The molecule has 0 saturated carbocycles. The van der Waals surface area contributed by atoms with Crippen molar-refractivity contribution in [1.82, 2.24) is 4.98 Å². The summed E-state index contributed by atoms with van der Waals surface area (Å²) < 4.78 is 5.22. The Morgan fingerprint density at radius 1 is 0.793 bits per heavy atom. The number of anilines is 1. The van der Waals surface area contributed by atoms with Crippen LogP contribution in [0.15, 0.2) is 0 Å². The number of halogens is 3. The minimum Gasteiger partial charge on any atom is -0.461 e. The van der Waals surface area contributed by atoms with Gasteiger partial charge in [-0.2, -0.15) is 0 Å². The normalized spacial score (nSPS) is 11.0. The van der Waals surface area contributed by atoms with E-state index in [4.69, 9.17) is 45.3 Å². The van der Waals surface area contributed by atoms with Gasteiger partial charge in [-0.05, 0) is 6.42 Å². The Balaban J connectivity index is 2.01. The number of carbonyl (C=O) groups excluding carboxylic acids is 1. The maximum absolute atomic E-state index is 12.1. The van der Waals surface area contributed by atoms with Gasteiger partial charge in [0.25, 0.3) is 0 Å². The highest BCUT2D eigenvalue weighted by atomic mass is 35.5. The molecule has 0 atom stereocenters. The SMILES string of the molecule is CCCCCCCCCCCCCCCCOC(=O)c1nc(Cl)c(Cl)c(N)c1Cl. The average Bonchev–Trinajstić information content (AvgIpc) is 2.71. The molecule has 0 aliphatic carbocycles. The van der Waals surface area contributed by atoms with Crippen molar-refractivity contribution in [2.75, 3.05) is 12.3 Å². The van der Waals surface area contributed by atoms with Crippen LogP contribution >= 0.6 is 34.8 Å². The van der Waals surface area contributed by atoms with Gasteiger partial charge in [0.2, 0.25) is 0 Å². The molecule has 0 aromatic carbocycles. The predicted molar refractivity (Wildman–Crippen MR) is 124 cm³/mol. The Hall–Kier alpha value is -0.710. The standard InChI is InChI=1S/C22H35Cl3N2O2/c1-2-3-4-5-6-7-8-9-10-11-12-13-14-15-16-29-22(28)20-17(23)19(26)18(24)21(25)27-20/h2-16H2,1H3,(H2,26,27). The Labute approximate surface area is 190 Å². The van der Waals surface area contributed by atoms with E-state index < -0.39 is 5.97 Å². The summed E-state index contributed by atoms with van der Waals surface area (Å²) >= 11 is 17.7. The third-order valence-corrected chi connectivity index (χ3v) is 6.13. The smallest absolute Gasteiger partial charge is 0.358 e. The van der Waals surface area contributed by atoms with Crippen molar-refractivity contribution in [1.29, 1.82) is 0 Å². The molecular weight excluding hydrogens is 431 g/mol. The van der Waals surface area contributed by atoms with Gasteiger partial charge in [0, 0.05) is 0 Å². The first-order chi connectivity index (χ1) is 14.0. The maximum Gasteiger partial charge on any atom is 0.358 e. The van der Waals surface area contributed by atoms with E-state index >= 15 is 0 Å². The van der Waals surface area contributed by atoms with E-state index in [0.29, 0.717) is 6.61 Å². The van der Waals surface area contributed by atoms with Crippen molar-refractivity contribution < 1.29 is 9.53 Å². The molecule has 1 rings (SSSR count). The fourth-order valence-electron chi connectivity index (χ4n) is 3.20. The Kier molecular flexibility index (Phi) is 14.6. The topological polar surface area (TPSA) is 65.2 Å². The lowest BCUT2D eigenvalue weighted by atomic mass is 10.0. The van der Waals surface area contributed by atoms with Gasteiger partial charge in [-0.3, -0.25) is 0 Å². The Morgan fingerprint density at radius 2 is 1.24 bits per heavy atom. The molecule has 0 fully saturated rings. The molecule has 29 heavy (non-hydrogen) atoms. The van der Waals surface area contributed by atoms with Gasteiger partial charge in [0.15, 0.2) is 10.8 Å². The summed E-state index contributed by atoms with van der Waals surface area (Å²) in [5, 5.41) is -0.0393. The van der Waals surface area contributed by atoms with Crippen molar-refractivity contribution in [3.63, 3.8) is 0 Å². The van der Waals surface area contributed by atoms with Crippen LogP contribution in [0.5, 0.6) is 0 Å². The van der Waals surface area contributed by atoms with Crippen molar-refractivity contribution in [2.45, 2.75) is 96.8 Å². The number of nitrogens with two attached hydrogens (primary N) is 1. The summed E-state index contributed by atoms with van der Waals surface area (Å²) in [6, 6.07) is 0. The van der Waals surface area contributed by atoms with Gasteiger partial charge in [-0.15, -0.1) is 0 Å². The van der Waals surface area contributed by atoms with Crippen LogP contribution in [0, 0.1) is 0 Å². The van der Waals surface area contributed by atoms with Crippen LogP contribution in [0.3, 0.4) is 0 Å². The number of hydrogen-bond donors (Lipinski definition) is 1. The van der Waals surface area contributed by atoms with Gasteiger partial charge in [0.05, 0.1) is 17.3 Å². The number of nitrogen functional groups attached to an aromatic ring is 1. The number of unbranched alkanes of at least 4 members (excludes halogenated alkanes) is 13. The molecule has 0 radical (unpaired) electrons. The Morgan fingerprint density at radius 3 is 1.72 bits per heavy atom. The molecule has 1 aromatic rings. The largest absolute Gasteiger partial charge is 0.461 e.